The van der Waals surface area contributed by atoms with Crippen molar-refractivity contribution in [2.45, 2.75) is 25.4 Å². The lowest BCUT2D eigenvalue weighted by Gasteiger charge is -2.32. The summed E-state index contributed by atoms with van der Waals surface area (Å²) in [4.78, 5) is 19.7. The van der Waals surface area contributed by atoms with E-state index in [0.717, 1.165) is 60.6 Å². The summed E-state index contributed by atoms with van der Waals surface area (Å²) in [6, 6.07) is 26.7. The van der Waals surface area contributed by atoms with E-state index in [-0.39, 0.29) is 5.82 Å². The zero-order valence-electron chi connectivity index (χ0n) is 21.4. The average Bonchev–Trinajstić information content (AvgIpc) is 3.45. The smallest absolute Gasteiger partial charge is 0.234 e. The predicted octanol–water partition coefficient (Wildman–Crippen LogP) is 5.81. The zero-order chi connectivity index (χ0) is 26.4. The van der Waals surface area contributed by atoms with Gasteiger partial charge in [0.1, 0.15) is 17.6 Å². The van der Waals surface area contributed by atoms with E-state index in [2.05, 4.69) is 49.4 Å². The Hall–Kier alpha value is -4.87. The minimum Gasteiger partial charge on any atom is -0.435 e. The van der Waals surface area contributed by atoms with Crippen LogP contribution in [0.3, 0.4) is 0 Å². The molecule has 0 unspecified atom stereocenters. The number of pyridine rings is 1. The Labute approximate surface area is 227 Å². The number of aromatic nitrogens is 4. The molecule has 0 bridgehead atoms. The first kappa shape index (κ1) is 24.5. The van der Waals surface area contributed by atoms with Crippen molar-refractivity contribution in [1.82, 2.24) is 24.8 Å². The predicted molar refractivity (Wildman–Crippen MR) is 149 cm³/mol. The molecule has 2 aromatic carbocycles. The number of hydrogen-bond acceptors (Lipinski definition) is 8. The number of likely N-dealkylation sites (tertiary alicyclic amines) is 1. The number of anilines is 1. The van der Waals surface area contributed by atoms with Gasteiger partial charge < -0.3 is 9.73 Å². The van der Waals surface area contributed by atoms with Crippen LogP contribution in [0.5, 0.6) is 0 Å². The monoisotopic (exact) mass is 513 g/mol. The van der Waals surface area contributed by atoms with Crippen LogP contribution in [-0.2, 0) is 6.54 Å². The molecule has 1 aliphatic rings. The lowest BCUT2D eigenvalue weighted by Crippen LogP contribution is -2.38. The second kappa shape index (κ2) is 11.3. The van der Waals surface area contributed by atoms with Gasteiger partial charge in [-0.2, -0.15) is 5.26 Å². The first-order chi connectivity index (χ1) is 19.2. The Morgan fingerprint density at radius 2 is 1.67 bits per heavy atom. The number of benzene rings is 2. The molecule has 3 aromatic heterocycles. The summed E-state index contributed by atoms with van der Waals surface area (Å²) in [7, 11) is 0. The molecule has 1 aliphatic heterocycles. The molecule has 6 rings (SSSR count). The quantitative estimate of drug-likeness (QED) is 0.291. The number of nitriles is 1. The minimum absolute atomic E-state index is 0.190. The number of oxazole rings is 1. The van der Waals surface area contributed by atoms with E-state index in [4.69, 9.17) is 14.7 Å². The van der Waals surface area contributed by atoms with Crippen molar-refractivity contribution in [3.05, 3.63) is 103 Å². The van der Waals surface area contributed by atoms with Gasteiger partial charge in [-0.25, -0.2) is 15.0 Å². The molecule has 8 heteroatoms. The van der Waals surface area contributed by atoms with Crippen molar-refractivity contribution in [3.63, 3.8) is 0 Å². The fraction of sp³-hybridized carbons (Fsp3) is 0.194. The SMILES string of the molecule is N#Cc1nccc(NC2CCN(Cc3ccc(-c4nc(-c5cccnc5)oc4-c4ccccc4)cc3)CC2)n1. The first-order valence-corrected chi connectivity index (χ1v) is 13.0. The molecule has 8 nitrogen and oxygen atoms in total. The van der Waals surface area contributed by atoms with E-state index >= 15 is 0 Å². The van der Waals surface area contributed by atoms with Crippen molar-refractivity contribution in [2.24, 2.45) is 0 Å². The van der Waals surface area contributed by atoms with Gasteiger partial charge in [-0.05, 0) is 36.6 Å². The second-order valence-electron chi connectivity index (χ2n) is 9.57. The van der Waals surface area contributed by atoms with E-state index < -0.39 is 0 Å². The number of piperidine rings is 1. The molecule has 1 saturated heterocycles. The molecular formula is C31H27N7O. The summed E-state index contributed by atoms with van der Waals surface area (Å²) in [5, 5.41) is 12.5. The van der Waals surface area contributed by atoms with Crippen molar-refractivity contribution in [2.75, 3.05) is 18.4 Å². The molecule has 1 N–H and O–H groups in total. The molecule has 5 aromatic rings. The summed E-state index contributed by atoms with van der Waals surface area (Å²) in [5.41, 5.74) is 4.93. The minimum atomic E-state index is 0.190. The average molecular weight is 514 g/mol. The Morgan fingerprint density at radius 3 is 2.41 bits per heavy atom. The normalized spacial score (nSPS) is 14.1. The highest BCUT2D eigenvalue weighted by Gasteiger charge is 2.21. The van der Waals surface area contributed by atoms with E-state index in [1.54, 1.807) is 18.6 Å². The molecule has 0 atom stereocenters. The van der Waals surface area contributed by atoms with Crippen LogP contribution >= 0.6 is 0 Å². The van der Waals surface area contributed by atoms with Crippen LogP contribution in [0.4, 0.5) is 5.82 Å². The maximum absolute atomic E-state index is 9.02. The Bertz CT molecular complexity index is 1570. The van der Waals surface area contributed by atoms with Gasteiger partial charge >= 0.3 is 0 Å². The number of nitrogens with zero attached hydrogens (tertiary/aromatic N) is 6. The van der Waals surface area contributed by atoms with Gasteiger partial charge in [0, 0.05) is 55.4 Å². The van der Waals surface area contributed by atoms with E-state index in [1.807, 2.05) is 54.6 Å². The molecule has 0 saturated carbocycles. The molecule has 0 aliphatic carbocycles. The molecule has 1 fully saturated rings. The van der Waals surface area contributed by atoms with E-state index in [9.17, 15) is 0 Å². The molecule has 0 spiro atoms. The van der Waals surface area contributed by atoms with Gasteiger partial charge in [0.2, 0.25) is 11.7 Å². The summed E-state index contributed by atoms with van der Waals surface area (Å²) < 4.78 is 6.27. The van der Waals surface area contributed by atoms with Gasteiger partial charge in [0.25, 0.3) is 0 Å². The van der Waals surface area contributed by atoms with Crippen LogP contribution in [0.2, 0.25) is 0 Å². The van der Waals surface area contributed by atoms with Gasteiger partial charge in [-0.3, -0.25) is 9.88 Å². The molecule has 4 heterocycles. The fourth-order valence-electron chi connectivity index (χ4n) is 4.88. The third kappa shape index (κ3) is 5.69. The second-order valence-corrected chi connectivity index (χ2v) is 9.57. The molecule has 0 radical (unpaired) electrons. The van der Waals surface area contributed by atoms with Crippen molar-refractivity contribution < 1.29 is 4.42 Å². The molecule has 39 heavy (non-hydrogen) atoms. The van der Waals surface area contributed by atoms with Gasteiger partial charge in [0.15, 0.2) is 5.76 Å². The van der Waals surface area contributed by atoms with Crippen LogP contribution in [0.25, 0.3) is 34.0 Å². The van der Waals surface area contributed by atoms with Gasteiger partial charge in [-0.15, -0.1) is 0 Å². The van der Waals surface area contributed by atoms with Crippen LogP contribution in [0.1, 0.15) is 24.2 Å². The third-order valence-electron chi connectivity index (χ3n) is 6.90. The van der Waals surface area contributed by atoms with Crippen molar-refractivity contribution >= 4 is 5.82 Å². The van der Waals surface area contributed by atoms with Crippen LogP contribution in [0, 0.1) is 11.3 Å². The Morgan fingerprint density at radius 1 is 0.872 bits per heavy atom. The van der Waals surface area contributed by atoms with Crippen LogP contribution < -0.4 is 5.32 Å². The highest BCUT2D eigenvalue weighted by Crippen LogP contribution is 2.36. The molecule has 0 amide bonds. The topological polar surface area (TPSA) is 104 Å². The zero-order valence-corrected chi connectivity index (χ0v) is 21.4. The third-order valence-corrected chi connectivity index (χ3v) is 6.90. The standard InChI is InChI=1S/C31H27N7O/c32-19-28-34-16-12-27(36-28)35-26-13-17-38(18-14-26)21-22-8-10-23(11-9-22)29-30(24-5-2-1-3-6-24)39-31(37-29)25-7-4-15-33-20-25/h1-12,15-16,20,26H,13-14,17-18,21H2,(H,34,35,36). The first-order valence-electron chi connectivity index (χ1n) is 13.0. The van der Waals surface area contributed by atoms with E-state index in [0.29, 0.717) is 17.8 Å². The van der Waals surface area contributed by atoms with Gasteiger partial charge in [-0.1, -0.05) is 54.6 Å². The number of hydrogen-bond donors (Lipinski definition) is 1. The maximum Gasteiger partial charge on any atom is 0.234 e. The largest absolute Gasteiger partial charge is 0.435 e. The summed E-state index contributed by atoms with van der Waals surface area (Å²) in [6.45, 7) is 2.88. The van der Waals surface area contributed by atoms with Crippen molar-refractivity contribution in [3.8, 4) is 40.1 Å². The highest BCUT2D eigenvalue weighted by molar-refractivity contribution is 5.79. The fourth-order valence-corrected chi connectivity index (χ4v) is 4.88. The molecule has 192 valence electrons. The maximum atomic E-state index is 9.02. The summed E-state index contributed by atoms with van der Waals surface area (Å²) in [5.74, 6) is 2.21. The highest BCUT2D eigenvalue weighted by atomic mass is 16.4. The number of nitrogens with one attached hydrogen (secondary N) is 1. The lowest BCUT2D eigenvalue weighted by atomic mass is 10.0. The summed E-state index contributed by atoms with van der Waals surface area (Å²) in [6.07, 6.45) is 7.16. The van der Waals surface area contributed by atoms with Crippen LogP contribution in [0.15, 0.2) is 95.8 Å². The Balaban J connectivity index is 1.14. The Kier molecular flexibility index (Phi) is 7.06. The summed E-state index contributed by atoms with van der Waals surface area (Å²) >= 11 is 0. The lowest BCUT2D eigenvalue weighted by molar-refractivity contribution is 0.211. The van der Waals surface area contributed by atoms with Crippen LogP contribution in [-0.4, -0.2) is 44.0 Å². The number of rotatable bonds is 7. The van der Waals surface area contributed by atoms with Gasteiger partial charge in [0.05, 0.1) is 5.56 Å². The molecular weight excluding hydrogens is 486 g/mol. The van der Waals surface area contributed by atoms with Crippen molar-refractivity contribution in [1.29, 1.82) is 5.26 Å². The van der Waals surface area contributed by atoms with E-state index in [1.165, 1.54) is 5.56 Å².